The SMILES string of the molecule is COc1ccc([C@H]2CC(=O)c3c(C)nc(N4CC[NH+](Cc5ccccc5)CC4)nc3C2)cc1OC. The fourth-order valence-electron chi connectivity index (χ4n) is 5.33. The van der Waals surface area contributed by atoms with Crippen molar-refractivity contribution in [1.82, 2.24) is 9.97 Å². The van der Waals surface area contributed by atoms with Gasteiger partial charge in [0.25, 0.3) is 0 Å². The van der Waals surface area contributed by atoms with Crippen molar-refractivity contribution in [2.75, 3.05) is 45.3 Å². The number of hydrogen-bond donors (Lipinski definition) is 1. The lowest BCUT2D eigenvalue weighted by Crippen LogP contribution is -3.13. The lowest BCUT2D eigenvalue weighted by atomic mass is 9.81. The highest BCUT2D eigenvalue weighted by Crippen LogP contribution is 2.37. The number of aromatic nitrogens is 2. The van der Waals surface area contributed by atoms with Crippen molar-refractivity contribution in [3.05, 3.63) is 76.6 Å². The molecule has 0 unspecified atom stereocenters. The fraction of sp³-hybridized carbons (Fsp3) is 0.393. The summed E-state index contributed by atoms with van der Waals surface area (Å²) in [5.74, 6) is 2.29. The monoisotopic (exact) mass is 473 g/mol. The first-order valence-electron chi connectivity index (χ1n) is 12.3. The zero-order valence-corrected chi connectivity index (χ0v) is 20.7. The summed E-state index contributed by atoms with van der Waals surface area (Å²) in [6, 6.07) is 16.6. The van der Waals surface area contributed by atoms with Crippen LogP contribution < -0.4 is 19.3 Å². The van der Waals surface area contributed by atoms with Crippen molar-refractivity contribution in [2.24, 2.45) is 0 Å². The van der Waals surface area contributed by atoms with Crippen LogP contribution in [0.1, 0.15) is 45.2 Å². The Balaban J connectivity index is 1.33. The van der Waals surface area contributed by atoms with Crippen LogP contribution in [-0.2, 0) is 13.0 Å². The maximum absolute atomic E-state index is 13.1. The van der Waals surface area contributed by atoms with Gasteiger partial charge in [-0.25, -0.2) is 9.97 Å². The van der Waals surface area contributed by atoms with Gasteiger partial charge in [0.2, 0.25) is 5.95 Å². The number of anilines is 1. The number of carbonyl (C=O) groups is 1. The van der Waals surface area contributed by atoms with E-state index in [1.165, 1.54) is 5.56 Å². The van der Waals surface area contributed by atoms with Gasteiger partial charge in [0.05, 0.1) is 57.3 Å². The molecule has 2 aromatic carbocycles. The summed E-state index contributed by atoms with van der Waals surface area (Å²) in [5, 5.41) is 0. The Kier molecular flexibility index (Phi) is 6.68. The Morgan fingerprint density at radius 1 is 0.971 bits per heavy atom. The first kappa shape index (κ1) is 23.3. The molecular formula is C28H33N4O3+. The molecule has 1 aliphatic carbocycles. The van der Waals surface area contributed by atoms with Gasteiger partial charge in [-0.15, -0.1) is 0 Å². The molecule has 0 bridgehead atoms. The van der Waals surface area contributed by atoms with Crippen LogP contribution >= 0.6 is 0 Å². The number of aryl methyl sites for hydroxylation is 1. The minimum atomic E-state index is 0.0594. The van der Waals surface area contributed by atoms with Crippen LogP contribution in [-0.4, -0.2) is 56.1 Å². The van der Waals surface area contributed by atoms with Crippen molar-refractivity contribution in [3.8, 4) is 11.5 Å². The summed E-state index contributed by atoms with van der Waals surface area (Å²) in [7, 11) is 3.26. The first-order valence-corrected chi connectivity index (χ1v) is 12.3. The normalized spacial score (nSPS) is 18.3. The van der Waals surface area contributed by atoms with Crippen LogP contribution in [0.3, 0.4) is 0 Å². The number of carbonyl (C=O) groups excluding carboxylic acids is 1. The molecule has 1 fully saturated rings. The predicted octanol–water partition coefficient (Wildman–Crippen LogP) is 2.62. The molecular weight excluding hydrogens is 440 g/mol. The van der Waals surface area contributed by atoms with Crippen molar-refractivity contribution >= 4 is 11.7 Å². The quantitative estimate of drug-likeness (QED) is 0.594. The third-order valence-electron chi connectivity index (χ3n) is 7.23. The van der Waals surface area contributed by atoms with Crippen LogP contribution in [0.15, 0.2) is 48.5 Å². The minimum absolute atomic E-state index is 0.0594. The van der Waals surface area contributed by atoms with E-state index in [2.05, 4.69) is 35.2 Å². The molecule has 7 heteroatoms. The van der Waals surface area contributed by atoms with E-state index >= 15 is 0 Å². The highest BCUT2D eigenvalue weighted by atomic mass is 16.5. The zero-order chi connectivity index (χ0) is 24.4. The van der Waals surface area contributed by atoms with E-state index in [4.69, 9.17) is 19.4 Å². The van der Waals surface area contributed by atoms with Crippen molar-refractivity contribution in [3.63, 3.8) is 0 Å². The van der Waals surface area contributed by atoms with E-state index in [-0.39, 0.29) is 11.7 Å². The molecule has 1 atom stereocenters. The molecule has 35 heavy (non-hydrogen) atoms. The van der Waals surface area contributed by atoms with Crippen molar-refractivity contribution < 1.29 is 19.2 Å². The molecule has 0 amide bonds. The number of quaternary nitrogens is 1. The van der Waals surface area contributed by atoms with Crippen LogP contribution in [0.25, 0.3) is 0 Å². The zero-order valence-electron chi connectivity index (χ0n) is 20.7. The Morgan fingerprint density at radius 2 is 1.71 bits per heavy atom. The average molecular weight is 474 g/mol. The summed E-state index contributed by atoms with van der Waals surface area (Å²) in [5.41, 5.74) is 4.80. The van der Waals surface area contributed by atoms with E-state index in [1.807, 2.05) is 25.1 Å². The van der Waals surface area contributed by atoms with Gasteiger partial charge < -0.3 is 19.3 Å². The topological polar surface area (TPSA) is 69.0 Å². The van der Waals surface area contributed by atoms with Crippen LogP contribution in [0.4, 0.5) is 5.95 Å². The molecule has 5 rings (SSSR count). The lowest BCUT2D eigenvalue weighted by molar-refractivity contribution is -0.914. The lowest BCUT2D eigenvalue weighted by Gasteiger charge is -2.33. The molecule has 1 aliphatic heterocycles. The van der Waals surface area contributed by atoms with Gasteiger partial charge in [-0.1, -0.05) is 36.4 Å². The Hall–Kier alpha value is -3.45. The molecule has 1 saturated heterocycles. The van der Waals surface area contributed by atoms with E-state index < -0.39 is 0 Å². The van der Waals surface area contributed by atoms with Gasteiger partial charge in [0.1, 0.15) is 6.54 Å². The van der Waals surface area contributed by atoms with Crippen LogP contribution in [0.5, 0.6) is 11.5 Å². The van der Waals surface area contributed by atoms with E-state index in [9.17, 15) is 4.79 Å². The maximum Gasteiger partial charge on any atom is 0.226 e. The van der Waals surface area contributed by atoms with E-state index in [0.29, 0.717) is 29.9 Å². The van der Waals surface area contributed by atoms with Gasteiger partial charge in [-0.05, 0) is 37.0 Å². The van der Waals surface area contributed by atoms with Crippen LogP contribution in [0, 0.1) is 6.92 Å². The Labute approximate surface area is 206 Å². The smallest absolute Gasteiger partial charge is 0.226 e. The number of fused-ring (bicyclic) bond motifs is 1. The Bertz CT molecular complexity index is 1210. The molecule has 2 heterocycles. The second-order valence-corrected chi connectivity index (χ2v) is 9.47. The first-order chi connectivity index (χ1) is 17.1. The molecule has 1 aromatic heterocycles. The summed E-state index contributed by atoms with van der Waals surface area (Å²) in [4.78, 5) is 26.7. The molecule has 1 N–H and O–H groups in total. The number of methoxy groups -OCH3 is 2. The second-order valence-electron chi connectivity index (χ2n) is 9.47. The van der Waals surface area contributed by atoms with Gasteiger partial charge in [0, 0.05) is 12.0 Å². The van der Waals surface area contributed by atoms with Crippen molar-refractivity contribution in [1.29, 1.82) is 0 Å². The highest BCUT2D eigenvalue weighted by molar-refractivity contribution is 5.99. The number of ketones is 1. The second kappa shape index (κ2) is 10.0. The predicted molar refractivity (Wildman–Crippen MR) is 135 cm³/mol. The van der Waals surface area contributed by atoms with E-state index in [0.717, 1.165) is 55.6 Å². The number of Topliss-reactive ketones (excluding diaryl/α,β-unsaturated/α-hetero) is 1. The maximum atomic E-state index is 13.1. The standard InChI is InChI=1S/C28H32N4O3/c1-19-27-23(15-22(16-24(27)33)21-9-10-25(34-2)26(17-21)35-3)30-28(29-19)32-13-11-31(12-14-32)18-20-7-5-4-6-8-20/h4-10,17,22H,11-16,18H2,1-3H3/p+1/t22-/m1/s1. The van der Waals surface area contributed by atoms with Crippen LogP contribution in [0.2, 0.25) is 0 Å². The summed E-state index contributed by atoms with van der Waals surface area (Å²) in [6.07, 6.45) is 1.17. The van der Waals surface area contributed by atoms with Crippen molar-refractivity contribution in [2.45, 2.75) is 32.2 Å². The largest absolute Gasteiger partial charge is 0.493 e. The third kappa shape index (κ3) is 4.86. The molecule has 182 valence electrons. The molecule has 0 radical (unpaired) electrons. The number of benzene rings is 2. The third-order valence-corrected chi connectivity index (χ3v) is 7.23. The molecule has 3 aromatic rings. The summed E-state index contributed by atoms with van der Waals surface area (Å²) >= 11 is 0. The fourth-order valence-corrected chi connectivity index (χ4v) is 5.33. The molecule has 0 saturated carbocycles. The molecule has 2 aliphatic rings. The number of ether oxygens (including phenoxy) is 2. The van der Waals surface area contributed by atoms with E-state index in [1.54, 1.807) is 19.1 Å². The average Bonchev–Trinajstić information content (AvgIpc) is 2.88. The van der Waals surface area contributed by atoms with Gasteiger partial charge >= 0.3 is 0 Å². The Morgan fingerprint density at radius 3 is 2.43 bits per heavy atom. The minimum Gasteiger partial charge on any atom is -0.493 e. The summed E-state index contributed by atoms with van der Waals surface area (Å²) in [6.45, 7) is 6.89. The highest BCUT2D eigenvalue weighted by Gasteiger charge is 2.32. The number of rotatable bonds is 6. The van der Waals surface area contributed by atoms with Gasteiger partial charge in [0.15, 0.2) is 17.3 Å². The van der Waals surface area contributed by atoms with Gasteiger partial charge in [-0.2, -0.15) is 0 Å². The van der Waals surface area contributed by atoms with Gasteiger partial charge in [-0.3, -0.25) is 4.79 Å². The number of nitrogens with zero attached hydrogens (tertiary/aromatic N) is 3. The molecule has 7 nitrogen and oxygen atoms in total. The number of hydrogen-bond acceptors (Lipinski definition) is 6. The number of piperazine rings is 1. The summed E-state index contributed by atoms with van der Waals surface area (Å²) < 4.78 is 10.9. The number of nitrogens with one attached hydrogen (secondary N) is 1. The molecule has 0 spiro atoms.